The zero-order valence-corrected chi connectivity index (χ0v) is 8.34. The van der Waals surface area contributed by atoms with Crippen molar-refractivity contribution in [2.24, 2.45) is 0 Å². The van der Waals surface area contributed by atoms with E-state index in [4.69, 9.17) is 0 Å². The molecule has 0 unspecified atom stereocenters. The molecular formula is C12H12N2O. The van der Waals surface area contributed by atoms with Gasteiger partial charge in [0.1, 0.15) is 0 Å². The summed E-state index contributed by atoms with van der Waals surface area (Å²) in [6.45, 7) is 1.82. The number of amides is 1. The Morgan fingerprint density at radius 3 is 2.87 bits per heavy atom. The minimum atomic E-state index is 0.0508. The molecule has 3 heteroatoms. The van der Waals surface area contributed by atoms with E-state index in [1.54, 1.807) is 0 Å². The molecule has 2 heterocycles. The van der Waals surface area contributed by atoms with Crippen molar-refractivity contribution in [2.75, 3.05) is 18.4 Å². The van der Waals surface area contributed by atoms with Gasteiger partial charge in [-0.05, 0) is 24.6 Å². The van der Waals surface area contributed by atoms with Crippen molar-refractivity contribution in [1.29, 1.82) is 0 Å². The molecule has 0 atom stereocenters. The van der Waals surface area contributed by atoms with Crippen LogP contribution in [0.5, 0.6) is 0 Å². The van der Waals surface area contributed by atoms with Crippen LogP contribution in [0.2, 0.25) is 0 Å². The maximum Gasteiger partial charge on any atom is 0.256 e. The van der Waals surface area contributed by atoms with Gasteiger partial charge in [-0.3, -0.25) is 4.79 Å². The normalized spacial score (nSPS) is 24.1. The summed E-state index contributed by atoms with van der Waals surface area (Å²) in [7, 11) is 0. The van der Waals surface area contributed by atoms with Crippen LogP contribution in [-0.4, -0.2) is 19.0 Å². The maximum absolute atomic E-state index is 11.8. The lowest BCUT2D eigenvalue weighted by Gasteiger charge is -2.01. The van der Waals surface area contributed by atoms with E-state index in [0.29, 0.717) is 0 Å². The fraction of sp³-hybridized carbons (Fsp3) is 0.250. The molecule has 2 aliphatic heterocycles. The number of anilines is 1. The van der Waals surface area contributed by atoms with Crippen molar-refractivity contribution in [3.05, 3.63) is 35.4 Å². The first kappa shape index (κ1) is 8.68. The second-order valence-electron chi connectivity index (χ2n) is 3.91. The molecule has 2 aliphatic rings. The Morgan fingerprint density at radius 1 is 1.20 bits per heavy atom. The largest absolute Gasteiger partial charge is 0.321 e. The van der Waals surface area contributed by atoms with Crippen LogP contribution in [0, 0.1) is 0 Å². The lowest BCUT2D eigenvalue weighted by Crippen LogP contribution is -2.08. The van der Waals surface area contributed by atoms with Gasteiger partial charge in [-0.2, -0.15) is 0 Å². The molecule has 0 saturated carbocycles. The van der Waals surface area contributed by atoms with E-state index in [-0.39, 0.29) is 5.91 Å². The van der Waals surface area contributed by atoms with Crippen molar-refractivity contribution < 1.29 is 4.79 Å². The van der Waals surface area contributed by atoms with Gasteiger partial charge in [0.2, 0.25) is 0 Å². The maximum atomic E-state index is 11.8. The summed E-state index contributed by atoms with van der Waals surface area (Å²) in [4.78, 5) is 11.8. The number of para-hydroxylation sites is 1. The van der Waals surface area contributed by atoms with Crippen molar-refractivity contribution in [2.45, 2.75) is 6.42 Å². The Balaban J connectivity index is 2.17. The highest BCUT2D eigenvalue weighted by atomic mass is 16.2. The highest BCUT2D eigenvalue weighted by Crippen LogP contribution is 2.34. The molecule has 3 rings (SSSR count). The van der Waals surface area contributed by atoms with Gasteiger partial charge < -0.3 is 10.6 Å². The Hall–Kier alpha value is -1.61. The average molecular weight is 200 g/mol. The summed E-state index contributed by atoms with van der Waals surface area (Å²) < 4.78 is 0. The first-order valence-corrected chi connectivity index (χ1v) is 5.20. The average Bonchev–Trinajstić information content (AvgIpc) is 2.82. The van der Waals surface area contributed by atoms with E-state index in [9.17, 15) is 4.79 Å². The molecule has 1 aromatic carbocycles. The number of carbonyl (C=O) groups excluding carboxylic acids is 1. The van der Waals surface area contributed by atoms with E-state index in [1.165, 1.54) is 5.57 Å². The van der Waals surface area contributed by atoms with Crippen LogP contribution in [0.15, 0.2) is 29.8 Å². The molecule has 0 aromatic heterocycles. The summed E-state index contributed by atoms with van der Waals surface area (Å²) in [6, 6.07) is 7.87. The van der Waals surface area contributed by atoms with Gasteiger partial charge >= 0.3 is 0 Å². The van der Waals surface area contributed by atoms with E-state index >= 15 is 0 Å². The predicted molar refractivity (Wildman–Crippen MR) is 59.5 cm³/mol. The van der Waals surface area contributed by atoms with Gasteiger partial charge in [0, 0.05) is 23.4 Å². The van der Waals surface area contributed by atoms with Gasteiger partial charge in [-0.15, -0.1) is 0 Å². The highest BCUT2D eigenvalue weighted by Gasteiger charge is 2.27. The molecule has 0 spiro atoms. The topological polar surface area (TPSA) is 41.1 Å². The zero-order chi connectivity index (χ0) is 10.3. The third-order valence-electron chi connectivity index (χ3n) is 2.97. The fourth-order valence-corrected chi connectivity index (χ4v) is 2.25. The molecule has 1 saturated heterocycles. The van der Waals surface area contributed by atoms with Gasteiger partial charge in [0.25, 0.3) is 5.91 Å². The van der Waals surface area contributed by atoms with Gasteiger partial charge in [0.15, 0.2) is 0 Å². The smallest absolute Gasteiger partial charge is 0.256 e. The summed E-state index contributed by atoms with van der Waals surface area (Å²) in [5, 5.41) is 6.16. The predicted octanol–water partition coefficient (Wildman–Crippen LogP) is 1.39. The van der Waals surface area contributed by atoms with E-state index in [0.717, 1.165) is 36.3 Å². The number of benzene rings is 1. The van der Waals surface area contributed by atoms with Crippen molar-refractivity contribution >= 4 is 17.2 Å². The summed E-state index contributed by atoms with van der Waals surface area (Å²) in [6.07, 6.45) is 0.983. The van der Waals surface area contributed by atoms with Crippen molar-refractivity contribution in [1.82, 2.24) is 5.32 Å². The number of carbonyl (C=O) groups is 1. The first-order valence-electron chi connectivity index (χ1n) is 5.20. The van der Waals surface area contributed by atoms with Crippen LogP contribution in [0.4, 0.5) is 5.69 Å². The molecule has 15 heavy (non-hydrogen) atoms. The summed E-state index contributed by atoms with van der Waals surface area (Å²) in [5.74, 6) is 0.0508. The molecule has 3 nitrogen and oxygen atoms in total. The zero-order valence-electron chi connectivity index (χ0n) is 8.34. The molecule has 0 radical (unpaired) electrons. The highest BCUT2D eigenvalue weighted by molar-refractivity contribution is 6.32. The minimum absolute atomic E-state index is 0.0508. The van der Waals surface area contributed by atoms with Crippen molar-refractivity contribution in [3.8, 4) is 0 Å². The monoisotopic (exact) mass is 200 g/mol. The SMILES string of the molecule is O=C1Nc2ccccc2/C1=C1\CCNC1. The van der Waals surface area contributed by atoms with Gasteiger partial charge in [-0.25, -0.2) is 0 Å². The second kappa shape index (κ2) is 3.21. The molecule has 1 fully saturated rings. The Labute approximate surface area is 88.2 Å². The number of hydrogen-bond acceptors (Lipinski definition) is 2. The summed E-state index contributed by atoms with van der Waals surface area (Å²) >= 11 is 0. The standard InChI is InChI=1S/C12H12N2O/c15-12-11(8-5-6-13-7-8)9-3-1-2-4-10(9)14-12/h1-4,13H,5-7H2,(H,14,15)/b11-8-. The first-order chi connectivity index (χ1) is 7.36. The van der Waals surface area contributed by atoms with Gasteiger partial charge in [0.05, 0.1) is 0 Å². The van der Waals surface area contributed by atoms with Crippen LogP contribution in [0.1, 0.15) is 12.0 Å². The number of nitrogens with one attached hydrogen (secondary N) is 2. The van der Waals surface area contributed by atoms with Crippen LogP contribution in [-0.2, 0) is 4.79 Å². The number of fused-ring (bicyclic) bond motifs is 1. The lowest BCUT2D eigenvalue weighted by atomic mass is 10.0. The Kier molecular flexibility index (Phi) is 1.86. The summed E-state index contributed by atoms with van der Waals surface area (Å²) in [5.41, 5.74) is 4.12. The van der Waals surface area contributed by atoms with E-state index in [2.05, 4.69) is 10.6 Å². The molecule has 1 amide bonds. The minimum Gasteiger partial charge on any atom is -0.321 e. The van der Waals surface area contributed by atoms with E-state index in [1.807, 2.05) is 24.3 Å². The van der Waals surface area contributed by atoms with E-state index < -0.39 is 0 Å². The lowest BCUT2D eigenvalue weighted by molar-refractivity contribution is -0.110. The third-order valence-corrected chi connectivity index (χ3v) is 2.97. The van der Waals surface area contributed by atoms with Crippen molar-refractivity contribution in [3.63, 3.8) is 0 Å². The van der Waals surface area contributed by atoms with Crippen LogP contribution < -0.4 is 10.6 Å². The molecule has 1 aromatic rings. The second-order valence-corrected chi connectivity index (χ2v) is 3.91. The Morgan fingerprint density at radius 2 is 2.07 bits per heavy atom. The number of hydrogen-bond donors (Lipinski definition) is 2. The number of rotatable bonds is 0. The van der Waals surface area contributed by atoms with Crippen LogP contribution in [0.3, 0.4) is 0 Å². The molecular weight excluding hydrogens is 188 g/mol. The molecule has 76 valence electrons. The third kappa shape index (κ3) is 1.27. The molecule has 0 bridgehead atoms. The van der Waals surface area contributed by atoms with Crippen LogP contribution >= 0.6 is 0 Å². The quantitative estimate of drug-likeness (QED) is 0.621. The van der Waals surface area contributed by atoms with Gasteiger partial charge in [-0.1, -0.05) is 18.2 Å². The van der Waals surface area contributed by atoms with Crippen LogP contribution in [0.25, 0.3) is 5.57 Å². The fourth-order valence-electron chi connectivity index (χ4n) is 2.25. The Bertz CT molecular complexity index is 454. The molecule has 2 N–H and O–H groups in total. The molecule has 0 aliphatic carbocycles.